The van der Waals surface area contributed by atoms with Crippen LogP contribution in [0.25, 0.3) is 0 Å². The van der Waals surface area contributed by atoms with Crippen LogP contribution in [-0.2, 0) is 14.4 Å². The van der Waals surface area contributed by atoms with E-state index in [1.807, 2.05) is 31.1 Å². The van der Waals surface area contributed by atoms with E-state index in [4.69, 9.17) is 9.57 Å². The van der Waals surface area contributed by atoms with Gasteiger partial charge in [-0.3, -0.25) is 14.5 Å². The van der Waals surface area contributed by atoms with Gasteiger partial charge in [0.25, 0.3) is 0 Å². The number of methoxy groups -OCH3 is 1. The van der Waals surface area contributed by atoms with Gasteiger partial charge in [0, 0.05) is 13.6 Å². The van der Waals surface area contributed by atoms with Crippen LogP contribution in [0.2, 0.25) is 0 Å². The fraction of sp³-hybridized carbons (Fsp3) is 0.583. The third kappa shape index (κ3) is 3.66. The molecule has 2 unspecified atom stereocenters. The monoisotopic (exact) mass is 240 g/mol. The van der Waals surface area contributed by atoms with Gasteiger partial charge in [0.15, 0.2) is 0 Å². The summed E-state index contributed by atoms with van der Waals surface area (Å²) < 4.78 is 4.73. The molecule has 5 nitrogen and oxygen atoms in total. The predicted octanol–water partition coefficient (Wildman–Crippen LogP) is 0.448. The van der Waals surface area contributed by atoms with Crippen molar-refractivity contribution in [3.63, 3.8) is 0 Å². The molecule has 1 aliphatic heterocycles. The van der Waals surface area contributed by atoms with Gasteiger partial charge in [0.1, 0.15) is 6.04 Å². The Morgan fingerprint density at radius 1 is 1.65 bits per heavy atom. The fourth-order valence-corrected chi connectivity index (χ4v) is 1.73. The first kappa shape index (κ1) is 13.9. The molecule has 1 heterocycles. The zero-order valence-electron chi connectivity index (χ0n) is 10.6. The first-order valence-corrected chi connectivity index (χ1v) is 5.53. The van der Waals surface area contributed by atoms with E-state index in [1.54, 1.807) is 11.1 Å². The van der Waals surface area contributed by atoms with Gasteiger partial charge in [-0.25, -0.2) is 0 Å². The van der Waals surface area contributed by atoms with Gasteiger partial charge >= 0.3 is 5.97 Å². The predicted molar refractivity (Wildman–Crippen MR) is 65.3 cm³/mol. The summed E-state index contributed by atoms with van der Waals surface area (Å²) in [6, 6.07) is -0.176. The first-order chi connectivity index (χ1) is 8.10. The Hall–Kier alpha value is -1.17. The van der Waals surface area contributed by atoms with E-state index in [0.29, 0.717) is 13.2 Å². The minimum atomic E-state index is -0.302. The molecule has 0 aromatic carbocycles. The third-order valence-electron chi connectivity index (χ3n) is 2.77. The van der Waals surface area contributed by atoms with Crippen LogP contribution in [0.1, 0.15) is 0 Å². The number of likely N-dealkylation sites (N-methyl/N-ethyl adjacent to an activating group) is 2. The molecule has 0 bridgehead atoms. The van der Waals surface area contributed by atoms with Gasteiger partial charge < -0.3 is 4.74 Å². The van der Waals surface area contributed by atoms with E-state index in [1.165, 1.54) is 7.11 Å². The van der Waals surface area contributed by atoms with Crippen molar-refractivity contribution in [2.45, 2.75) is 12.1 Å². The number of ether oxygens (including phenoxy) is 1. The van der Waals surface area contributed by atoms with E-state index in [2.05, 4.69) is 6.58 Å². The highest BCUT2D eigenvalue weighted by atomic mass is 16.7. The Morgan fingerprint density at radius 3 is 2.88 bits per heavy atom. The fourth-order valence-electron chi connectivity index (χ4n) is 1.73. The molecule has 0 aromatic heterocycles. The van der Waals surface area contributed by atoms with Gasteiger partial charge in [-0.2, -0.15) is 5.06 Å². The van der Waals surface area contributed by atoms with E-state index in [0.717, 1.165) is 0 Å². The number of rotatable bonds is 5. The number of carbonyl (C=O) groups excluding carboxylic acids is 1. The maximum atomic E-state index is 11.5. The average molecular weight is 240 g/mol. The Balaban J connectivity index is 2.58. The summed E-state index contributed by atoms with van der Waals surface area (Å²) >= 11 is 0. The lowest BCUT2D eigenvalue weighted by atomic mass is 10.1. The van der Waals surface area contributed by atoms with E-state index in [9.17, 15) is 4.79 Å². The molecule has 0 radical (unpaired) electrons. The molecule has 0 N–H and O–H groups in total. The average Bonchev–Trinajstić information content (AvgIpc) is 2.34. The minimum absolute atomic E-state index is 0.126. The topological polar surface area (TPSA) is 42.0 Å². The van der Waals surface area contributed by atoms with Crippen molar-refractivity contribution in [2.75, 3.05) is 34.4 Å². The highest BCUT2D eigenvalue weighted by molar-refractivity contribution is 5.78. The normalized spacial score (nSPS) is 24.9. The maximum absolute atomic E-state index is 11.5. The zero-order valence-corrected chi connectivity index (χ0v) is 10.6. The standard InChI is InChI=1S/C12H20N2O3/c1-5-8-17-14(3)10-6-7-11(12(15)16-4)13(2)9-10/h5-7,10-11H,1,8-9H2,2-4H3. The number of hydrogen-bond donors (Lipinski definition) is 0. The Kier molecular flexibility index (Phi) is 5.34. The van der Waals surface area contributed by atoms with Crippen LogP contribution < -0.4 is 0 Å². The molecule has 1 rings (SSSR count). The van der Waals surface area contributed by atoms with Crippen molar-refractivity contribution in [1.82, 2.24) is 9.96 Å². The summed E-state index contributed by atoms with van der Waals surface area (Å²) in [5.74, 6) is -0.239. The summed E-state index contributed by atoms with van der Waals surface area (Å²) in [5.41, 5.74) is 0. The molecule has 0 saturated heterocycles. The van der Waals surface area contributed by atoms with Gasteiger partial charge in [-0.05, 0) is 7.05 Å². The molecular formula is C12H20N2O3. The van der Waals surface area contributed by atoms with Crippen molar-refractivity contribution < 1.29 is 14.4 Å². The lowest BCUT2D eigenvalue weighted by Crippen LogP contribution is -2.49. The first-order valence-electron chi connectivity index (χ1n) is 5.53. The smallest absolute Gasteiger partial charge is 0.327 e. The molecule has 0 amide bonds. The number of esters is 1. The van der Waals surface area contributed by atoms with Gasteiger partial charge in [0.05, 0.1) is 19.8 Å². The molecule has 1 aliphatic rings. The summed E-state index contributed by atoms with van der Waals surface area (Å²) in [7, 11) is 5.15. The Bertz CT molecular complexity index is 304. The molecular weight excluding hydrogens is 220 g/mol. The Morgan fingerprint density at radius 2 is 2.35 bits per heavy atom. The van der Waals surface area contributed by atoms with Gasteiger partial charge in [-0.15, -0.1) is 6.58 Å². The summed E-state index contributed by atoms with van der Waals surface area (Å²) in [5, 5.41) is 1.77. The molecule has 0 spiro atoms. The minimum Gasteiger partial charge on any atom is -0.468 e. The lowest BCUT2D eigenvalue weighted by molar-refractivity contribution is -0.157. The second-order valence-electron chi connectivity index (χ2n) is 3.99. The number of nitrogens with zero attached hydrogens (tertiary/aromatic N) is 2. The van der Waals surface area contributed by atoms with Crippen LogP contribution in [0.5, 0.6) is 0 Å². The molecule has 2 atom stereocenters. The quantitative estimate of drug-likeness (QED) is 0.396. The van der Waals surface area contributed by atoms with Crippen molar-refractivity contribution in [3.8, 4) is 0 Å². The zero-order chi connectivity index (χ0) is 12.8. The third-order valence-corrected chi connectivity index (χ3v) is 2.77. The van der Waals surface area contributed by atoms with Crippen LogP contribution in [0.4, 0.5) is 0 Å². The maximum Gasteiger partial charge on any atom is 0.327 e. The number of hydroxylamine groups is 2. The van der Waals surface area contributed by atoms with E-state index >= 15 is 0 Å². The molecule has 0 aromatic rings. The van der Waals surface area contributed by atoms with Crippen LogP contribution in [0, 0.1) is 0 Å². The SMILES string of the molecule is C=CCON(C)C1C=CC(C(=O)OC)N(C)C1. The molecule has 5 heteroatoms. The highest BCUT2D eigenvalue weighted by Gasteiger charge is 2.28. The molecule has 0 aliphatic carbocycles. The lowest BCUT2D eigenvalue weighted by Gasteiger charge is -2.34. The Labute approximate surface area is 102 Å². The van der Waals surface area contributed by atoms with Crippen molar-refractivity contribution in [1.29, 1.82) is 0 Å². The number of carbonyl (C=O) groups is 1. The van der Waals surface area contributed by atoms with E-state index < -0.39 is 0 Å². The summed E-state index contributed by atoms with van der Waals surface area (Å²) in [6.45, 7) is 4.79. The molecule has 0 fully saturated rings. The van der Waals surface area contributed by atoms with Crippen molar-refractivity contribution in [3.05, 3.63) is 24.8 Å². The number of hydrogen-bond acceptors (Lipinski definition) is 5. The van der Waals surface area contributed by atoms with E-state index in [-0.39, 0.29) is 18.1 Å². The van der Waals surface area contributed by atoms with Crippen LogP contribution in [0.3, 0.4) is 0 Å². The van der Waals surface area contributed by atoms with Crippen LogP contribution >= 0.6 is 0 Å². The molecule has 96 valence electrons. The second kappa shape index (κ2) is 6.54. The second-order valence-corrected chi connectivity index (χ2v) is 3.99. The highest BCUT2D eigenvalue weighted by Crippen LogP contribution is 2.13. The largest absolute Gasteiger partial charge is 0.468 e. The van der Waals surface area contributed by atoms with Crippen molar-refractivity contribution >= 4 is 5.97 Å². The molecule has 17 heavy (non-hydrogen) atoms. The van der Waals surface area contributed by atoms with Gasteiger partial charge in [-0.1, -0.05) is 18.2 Å². The van der Waals surface area contributed by atoms with Gasteiger partial charge in [0.2, 0.25) is 0 Å². The summed E-state index contributed by atoms with van der Waals surface area (Å²) in [6.07, 6.45) is 5.50. The summed E-state index contributed by atoms with van der Waals surface area (Å²) in [4.78, 5) is 18.8. The van der Waals surface area contributed by atoms with Crippen LogP contribution in [0.15, 0.2) is 24.8 Å². The van der Waals surface area contributed by atoms with Crippen molar-refractivity contribution in [2.24, 2.45) is 0 Å². The van der Waals surface area contributed by atoms with Crippen LogP contribution in [-0.4, -0.2) is 62.4 Å². The molecule has 0 saturated carbocycles.